The minimum Gasteiger partial charge on any atom is -0.310 e. The highest BCUT2D eigenvalue weighted by Crippen LogP contribution is 2.45. The molecule has 0 aliphatic heterocycles. The molecule has 0 saturated carbocycles. The van der Waals surface area contributed by atoms with Gasteiger partial charge in [-0.3, -0.25) is 0 Å². The van der Waals surface area contributed by atoms with E-state index in [0.29, 0.717) is 22.5 Å². The lowest BCUT2D eigenvalue weighted by Gasteiger charge is -2.25. The topological polar surface area (TPSA) is 65.6 Å². The van der Waals surface area contributed by atoms with E-state index >= 15 is 0 Å². The molecule has 6 heteroatoms. The third-order valence-corrected chi connectivity index (χ3v) is 14.3. The molecular weight excluding hydrogens is 853 g/mol. The fraction of sp³-hybridized carbons (Fsp3) is 0. The van der Waals surface area contributed by atoms with Crippen LogP contribution in [0.1, 0.15) is 11.1 Å². The summed E-state index contributed by atoms with van der Waals surface area (Å²) < 4.78 is 6.74. The minimum atomic E-state index is 0.406. The van der Waals surface area contributed by atoms with E-state index in [9.17, 15) is 10.5 Å². The number of rotatable bonds is 6. The lowest BCUT2D eigenvalue weighted by molar-refractivity contribution is 1.11. The SMILES string of the molecule is N#Cc1ccc(-n2c3ccc(-n4c5ccccc5c5ccccc54)cc3c3c4ccccc4ccc32)c(C#N)c1-n1c2ccc(N(c3ccccc3)c3ccccc3)cc2c2c3ccccc3ccc21. The molecule has 0 atom stereocenters. The molecule has 0 unspecified atom stereocenters. The van der Waals surface area contributed by atoms with Crippen LogP contribution in [0.5, 0.6) is 0 Å². The summed E-state index contributed by atoms with van der Waals surface area (Å²) in [5.74, 6) is 0. The second-order valence-corrected chi connectivity index (χ2v) is 17.9. The highest BCUT2D eigenvalue weighted by Gasteiger charge is 2.26. The van der Waals surface area contributed by atoms with Crippen LogP contribution in [-0.2, 0) is 0 Å². The molecule has 14 rings (SSSR count). The van der Waals surface area contributed by atoms with E-state index in [0.717, 1.165) is 98.9 Å². The van der Waals surface area contributed by atoms with E-state index in [2.05, 4.69) is 237 Å². The summed E-state index contributed by atoms with van der Waals surface area (Å²) in [6.07, 6.45) is 0. The van der Waals surface area contributed by atoms with Crippen LogP contribution >= 0.6 is 0 Å². The third kappa shape index (κ3) is 5.65. The Labute approximate surface area is 402 Å². The Hall–Kier alpha value is -9.88. The lowest BCUT2D eigenvalue weighted by Crippen LogP contribution is -2.09. The van der Waals surface area contributed by atoms with Gasteiger partial charge in [-0.2, -0.15) is 10.5 Å². The Morgan fingerprint density at radius 3 is 1.41 bits per heavy atom. The molecular formula is C64H38N6. The molecule has 0 radical (unpaired) electrons. The zero-order chi connectivity index (χ0) is 46.5. The van der Waals surface area contributed by atoms with Gasteiger partial charge in [-0.15, -0.1) is 0 Å². The Morgan fingerprint density at radius 2 is 0.814 bits per heavy atom. The van der Waals surface area contributed by atoms with Crippen molar-refractivity contribution in [2.75, 3.05) is 4.90 Å². The van der Waals surface area contributed by atoms with Gasteiger partial charge in [-0.05, 0) is 119 Å². The Morgan fingerprint density at radius 1 is 0.329 bits per heavy atom. The number of para-hydroxylation sites is 4. The Bertz CT molecular complexity index is 4470. The summed E-state index contributed by atoms with van der Waals surface area (Å²) in [5, 5.41) is 33.9. The number of hydrogen-bond donors (Lipinski definition) is 0. The summed E-state index contributed by atoms with van der Waals surface area (Å²) in [5.41, 5.74) is 12.2. The maximum atomic E-state index is 11.7. The highest BCUT2D eigenvalue weighted by atomic mass is 15.1. The van der Waals surface area contributed by atoms with Crippen LogP contribution in [0, 0.1) is 22.7 Å². The largest absolute Gasteiger partial charge is 0.310 e. The van der Waals surface area contributed by atoms with E-state index < -0.39 is 0 Å². The molecule has 0 spiro atoms. The highest BCUT2D eigenvalue weighted by molar-refractivity contribution is 6.24. The molecule has 11 aromatic carbocycles. The van der Waals surface area contributed by atoms with Gasteiger partial charge in [0, 0.05) is 55.1 Å². The first-order chi connectivity index (χ1) is 34.7. The summed E-state index contributed by atoms with van der Waals surface area (Å²) in [4.78, 5) is 2.27. The molecule has 0 saturated heterocycles. The van der Waals surface area contributed by atoms with Crippen molar-refractivity contribution in [3.8, 4) is 29.2 Å². The first kappa shape index (κ1) is 39.3. The molecule has 6 nitrogen and oxygen atoms in total. The van der Waals surface area contributed by atoms with Crippen molar-refractivity contribution in [3.63, 3.8) is 0 Å². The Kier molecular flexibility index (Phi) is 8.61. The minimum absolute atomic E-state index is 0.406. The van der Waals surface area contributed by atoms with E-state index in [1.807, 2.05) is 24.3 Å². The Balaban J connectivity index is 1.06. The fourth-order valence-corrected chi connectivity index (χ4v) is 11.3. The van der Waals surface area contributed by atoms with Crippen LogP contribution in [0.4, 0.5) is 17.1 Å². The molecule has 0 bridgehead atoms. The average Bonchev–Trinajstić information content (AvgIpc) is 4.06. The fourth-order valence-electron chi connectivity index (χ4n) is 11.3. The first-order valence-corrected chi connectivity index (χ1v) is 23.5. The predicted molar refractivity (Wildman–Crippen MR) is 289 cm³/mol. The van der Waals surface area contributed by atoms with Crippen molar-refractivity contribution < 1.29 is 0 Å². The molecule has 0 fully saturated rings. The molecule has 3 aromatic heterocycles. The molecule has 0 N–H and O–H groups in total. The lowest BCUT2D eigenvalue weighted by atomic mass is 10.0. The van der Waals surface area contributed by atoms with Crippen LogP contribution < -0.4 is 4.90 Å². The number of hydrogen-bond acceptors (Lipinski definition) is 3. The normalized spacial score (nSPS) is 11.7. The number of nitrogens with zero attached hydrogens (tertiary/aromatic N) is 6. The van der Waals surface area contributed by atoms with Gasteiger partial charge in [0.25, 0.3) is 0 Å². The summed E-state index contributed by atoms with van der Waals surface area (Å²) >= 11 is 0. The molecule has 3 heterocycles. The zero-order valence-corrected chi connectivity index (χ0v) is 37.6. The number of nitriles is 2. The van der Waals surface area contributed by atoms with E-state index in [-0.39, 0.29) is 0 Å². The van der Waals surface area contributed by atoms with E-state index in [1.165, 1.54) is 10.8 Å². The third-order valence-electron chi connectivity index (χ3n) is 14.3. The van der Waals surface area contributed by atoms with Gasteiger partial charge in [0.1, 0.15) is 17.7 Å². The van der Waals surface area contributed by atoms with Gasteiger partial charge in [-0.25, -0.2) is 0 Å². The van der Waals surface area contributed by atoms with Crippen LogP contribution in [0.15, 0.2) is 231 Å². The second-order valence-electron chi connectivity index (χ2n) is 17.9. The van der Waals surface area contributed by atoms with Gasteiger partial charge in [0.2, 0.25) is 0 Å². The quantitative estimate of drug-likeness (QED) is 0.167. The van der Waals surface area contributed by atoms with E-state index in [1.54, 1.807) is 0 Å². The smallest absolute Gasteiger partial charge is 0.104 e. The molecule has 324 valence electrons. The second kappa shape index (κ2) is 15.3. The molecule has 14 aromatic rings. The van der Waals surface area contributed by atoms with Crippen molar-refractivity contribution in [2.24, 2.45) is 0 Å². The number of anilines is 3. The van der Waals surface area contributed by atoms with E-state index in [4.69, 9.17) is 0 Å². The zero-order valence-electron chi connectivity index (χ0n) is 37.6. The standard InChI is InChI=1S/C64H38N6/c65-39-43-29-32-59(69-57-35-31-47(38-52(57)62-48-21-9-7-15-41(48)27-33-60(62)69)68-55-25-13-11-23-50(55)51-24-12-14-26-56(51)68)54(40-66)64(43)70-58-36-30-46(67(44-17-3-1-4-18-44)45-19-5-2-6-20-45)37-53(58)63-49-22-10-8-16-42(49)28-34-61(63)70/h1-38H. The van der Waals surface area contributed by atoms with Gasteiger partial charge in [-0.1, -0.05) is 133 Å². The number of fused-ring (bicyclic) bond motifs is 13. The van der Waals surface area contributed by atoms with Crippen molar-refractivity contribution >= 4 is 104 Å². The van der Waals surface area contributed by atoms with Crippen LogP contribution in [0.2, 0.25) is 0 Å². The molecule has 0 amide bonds. The molecule has 0 aliphatic carbocycles. The average molecular weight is 891 g/mol. The van der Waals surface area contributed by atoms with Gasteiger partial charge < -0.3 is 18.6 Å². The van der Waals surface area contributed by atoms with Crippen molar-refractivity contribution in [2.45, 2.75) is 0 Å². The van der Waals surface area contributed by atoms with Crippen LogP contribution in [0.3, 0.4) is 0 Å². The maximum absolute atomic E-state index is 11.7. The van der Waals surface area contributed by atoms with Crippen LogP contribution in [0.25, 0.3) is 104 Å². The maximum Gasteiger partial charge on any atom is 0.104 e. The first-order valence-electron chi connectivity index (χ1n) is 23.5. The summed E-state index contributed by atoms with van der Waals surface area (Å²) in [6, 6.07) is 85.9. The molecule has 70 heavy (non-hydrogen) atoms. The van der Waals surface area contributed by atoms with Gasteiger partial charge >= 0.3 is 0 Å². The monoisotopic (exact) mass is 890 g/mol. The van der Waals surface area contributed by atoms with Crippen molar-refractivity contribution in [1.82, 2.24) is 13.7 Å². The summed E-state index contributed by atoms with van der Waals surface area (Å²) in [6.45, 7) is 0. The van der Waals surface area contributed by atoms with Gasteiger partial charge in [0.05, 0.1) is 50.0 Å². The predicted octanol–water partition coefficient (Wildman–Crippen LogP) is 16.5. The van der Waals surface area contributed by atoms with Crippen molar-refractivity contribution in [1.29, 1.82) is 10.5 Å². The van der Waals surface area contributed by atoms with Crippen molar-refractivity contribution in [3.05, 3.63) is 242 Å². The number of benzene rings is 11. The molecule has 0 aliphatic rings. The van der Waals surface area contributed by atoms with Crippen LogP contribution in [-0.4, -0.2) is 13.7 Å². The summed E-state index contributed by atoms with van der Waals surface area (Å²) in [7, 11) is 0. The van der Waals surface area contributed by atoms with Gasteiger partial charge in [0.15, 0.2) is 0 Å². The number of aromatic nitrogens is 3.